The van der Waals surface area contributed by atoms with E-state index in [4.69, 9.17) is 9.15 Å². The fourth-order valence-corrected chi connectivity index (χ4v) is 1.77. The third-order valence-electron chi connectivity index (χ3n) is 2.94. The van der Waals surface area contributed by atoms with Gasteiger partial charge < -0.3 is 9.15 Å². The first-order valence-corrected chi connectivity index (χ1v) is 7.06. The van der Waals surface area contributed by atoms with Crippen molar-refractivity contribution in [2.24, 2.45) is 0 Å². The predicted octanol–water partition coefficient (Wildman–Crippen LogP) is 2.14. The van der Waals surface area contributed by atoms with E-state index in [9.17, 15) is 9.59 Å². The Balaban J connectivity index is 1.72. The predicted molar refractivity (Wildman–Crippen MR) is 85.4 cm³/mol. The number of rotatable bonds is 5. The molecular weight excluding hydrogens is 296 g/mol. The van der Waals surface area contributed by atoms with Gasteiger partial charge in [-0.05, 0) is 43.7 Å². The summed E-state index contributed by atoms with van der Waals surface area (Å²) in [7, 11) is 0. The fraction of sp³-hybridized carbons (Fsp3) is 0.176. The number of nitrogens with one attached hydrogen (secondary N) is 2. The molecule has 2 N–H and O–H groups in total. The molecule has 120 valence electrons. The molecule has 0 radical (unpaired) electrons. The minimum atomic E-state index is -0.469. The molecule has 2 amide bonds. The number of hydrogen-bond donors (Lipinski definition) is 2. The Kier molecular flexibility index (Phi) is 5.57. The molecule has 2 aromatic rings. The number of hydrazine groups is 1. The summed E-state index contributed by atoms with van der Waals surface area (Å²) in [5.41, 5.74) is 5.46. The van der Waals surface area contributed by atoms with Gasteiger partial charge in [-0.25, -0.2) is 0 Å². The molecule has 0 fully saturated rings. The smallest absolute Gasteiger partial charge is 0.276 e. The molecule has 0 aliphatic rings. The van der Waals surface area contributed by atoms with E-state index < -0.39 is 11.8 Å². The minimum absolute atomic E-state index is 0.188. The van der Waals surface area contributed by atoms with Crippen LogP contribution in [0.2, 0.25) is 0 Å². The summed E-state index contributed by atoms with van der Waals surface area (Å²) in [5.74, 6) is 1.02. The van der Waals surface area contributed by atoms with Gasteiger partial charge in [-0.2, -0.15) is 0 Å². The second kappa shape index (κ2) is 7.84. The fourth-order valence-electron chi connectivity index (χ4n) is 1.77. The van der Waals surface area contributed by atoms with Crippen molar-refractivity contribution in [3.05, 3.63) is 59.6 Å². The zero-order valence-corrected chi connectivity index (χ0v) is 13.0. The van der Waals surface area contributed by atoms with Gasteiger partial charge in [0, 0.05) is 6.08 Å². The number of aryl methyl sites for hydroxylation is 2. The summed E-state index contributed by atoms with van der Waals surface area (Å²) >= 11 is 0. The van der Waals surface area contributed by atoms with Gasteiger partial charge in [0.2, 0.25) is 0 Å². The summed E-state index contributed by atoms with van der Waals surface area (Å²) < 4.78 is 10.7. The first-order valence-electron chi connectivity index (χ1n) is 7.06. The van der Waals surface area contributed by atoms with Crippen LogP contribution in [-0.4, -0.2) is 18.4 Å². The van der Waals surface area contributed by atoms with Crippen LogP contribution in [0.1, 0.15) is 17.1 Å². The van der Waals surface area contributed by atoms with Crippen molar-refractivity contribution in [1.82, 2.24) is 10.9 Å². The Morgan fingerprint density at radius 2 is 1.91 bits per heavy atom. The molecular formula is C17H18N2O4. The van der Waals surface area contributed by atoms with Crippen LogP contribution in [0.4, 0.5) is 0 Å². The van der Waals surface area contributed by atoms with E-state index in [0.717, 1.165) is 11.3 Å². The SMILES string of the molecule is Cc1ccc(C=CC(=O)NNC(=O)COc2ccccc2C)o1. The van der Waals surface area contributed by atoms with Gasteiger partial charge in [0.1, 0.15) is 17.3 Å². The quantitative estimate of drug-likeness (QED) is 0.654. The highest BCUT2D eigenvalue weighted by Gasteiger charge is 2.05. The Bertz CT molecular complexity index is 719. The monoisotopic (exact) mass is 314 g/mol. The third kappa shape index (κ3) is 5.35. The van der Waals surface area contributed by atoms with Crippen LogP contribution >= 0.6 is 0 Å². The van der Waals surface area contributed by atoms with Gasteiger partial charge in [0.15, 0.2) is 6.61 Å². The zero-order valence-electron chi connectivity index (χ0n) is 13.0. The first-order chi connectivity index (χ1) is 11.0. The van der Waals surface area contributed by atoms with E-state index >= 15 is 0 Å². The topological polar surface area (TPSA) is 80.6 Å². The average molecular weight is 314 g/mol. The molecule has 0 aliphatic carbocycles. The largest absolute Gasteiger partial charge is 0.483 e. The number of ether oxygens (including phenoxy) is 1. The van der Waals surface area contributed by atoms with Crippen LogP contribution in [-0.2, 0) is 9.59 Å². The summed E-state index contributed by atoms with van der Waals surface area (Å²) in [6.45, 7) is 3.51. The Labute approximate surface area is 134 Å². The molecule has 0 aliphatic heterocycles. The van der Waals surface area contributed by atoms with Crippen LogP contribution in [0.3, 0.4) is 0 Å². The van der Waals surface area contributed by atoms with E-state index in [0.29, 0.717) is 11.5 Å². The van der Waals surface area contributed by atoms with Gasteiger partial charge in [-0.15, -0.1) is 0 Å². The normalized spacial score (nSPS) is 10.5. The maximum Gasteiger partial charge on any atom is 0.276 e. The number of benzene rings is 1. The molecule has 0 bridgehead atoms. The highest BCUT2D eigenvalue weighted by atomic mass is 16.5. The lowest BCUT2D eigenvalue weighted by Crippen LogP contribution is -2.43. The van der Waals surface area contributed by atoms with Gasteiger partial charge in [-0.1, -0.05) is 18.2 Å². The van der Waals surface area contributed by atoms with Gasteiger partial charge in [0.05, 0.1) is 0 Å². The summed E-state index contributed by atoms with van der Waals surface area (Å²) in [4.78, 5) is 23.2. The van der Waals surface area contributed by atoms with Gasteiger partial charge in [0.25, 0.3) is 11.8 Å². The molecule has 0 unspecified atom stereocenters. The van der Waals surface area contributed by atoms with Crippen molar-refractivity contribution in [1.29, 1.82) is 0 Å². The van der Waals surface area contributed by atoms with Crippen LogP contribution in [0, 0.1) is 13.8 Å². The van der Waals surface area contributed by atoms with Crippen LogP contribution in [0.5, 0.6) is 5.75 Å². The first kappa shape index (κ1) is 16.4. The maximum atomic E-state index is 11.6. The van der Waals surface area contributed by atoms with E-state index in [1.807, 2.05) is 32.0 Å². The summed E-state index contributed by atoms with van der Waals surface area (Å²) in [6.07, 6.45) is 2.78. The molecule has 0 saturated heterocycles. The average Bonchev–Trinajstić information content (AvgIpc) is 2.95. The van der Waals surface area contributed by atoms with Crippen molar-refractivity contribution < 1.29 is 18.7 Å². The number of para-hydroxylation sites is 1. The highest BCUT2D eigenvalue weighted by Crippen LogP contribution is 2.15. The summed E-state index contributed by atoms with van der Waals surface area (Å²) in [6, 6.07) is 10.9. The molecule has 0 spiro atoms. The number of furan rings is 1. The molecule has 0 saturated carbocycles. The van der Waals surface area contributed by atoms with Crippen LogP contribution < -0.4 is 15.6 Å². The lowest BCUT2D eigenvalue weighted by Gasteiger charge is -2.09. The third-order valence-corrected chi connectivity index (χ3v) is 2.94. The van der Waals surface area contributed by atoms with Gasteiger partial charge in [-0.3, -0.25) is 20.4 Å². The molecule has 6 nitrogen and oxygen atoms in total. The molecule has 0 atom stereocenters. The van der Waals surface area contributed by atoms with Crippen molar-refractivity contribution in [3.8, 4) is 5.75 Å². The van der Waals surface area contributed by atoms with E-state index in [1.165, 1.54) is 12.2 Å². The number of hydrogen-bond acceptors (Lipinski definition) is 4. The van der Waals surface area contributed by atoms with Crippen LogP contribution in [0.25, 0.3) is 6.08 Å². The van der Waals surface area contributed by atoms with Crippen molar-refractivity contribution in [2.45, 2.75) is 13.8 Å². The van der Waals surface area contributed by atoms with Crippen molar-refractivity contribution in [2.75, 3.05) is 6.61 Å². The van der Waals surface area contributed by atoms with E-state index in [2.05, 4.69) is 10.9 Å². The molecule has 1 heterocycles. The van der Waals surface area contributed by atoms with Crippen LogP contribution in [0.15, 0.2) is 46.9 Å². The van der Waals surface area contributed by atoms with Gasteiger partial charge >= 0.3 is 0 Å². The molecule has 2 rings (SSSR count). The summed E-state index contributed by atoms with van der Waals surface area (Å²) in [5, 5.41) is 0. The lowest BCUT2D eigenvalue weighted by molar-refractivity contribution is -0.128. The standard InChI is InChI=1S/C17H18N2O4/c1-12-5-3-4-6-15(12)22-11-17(21)19-18-16(20)10-9-14-8-7-13(2)23-14/h3-10H,11H2,1-2H3,(H,18,20)(H,19,21). The second-order valence-corrected chi connectivity index (χ2v) is 4.87. The number of carbonyl (C=O) groups excluding carboxylic acids is 2. The number of carbonyl (C=O) groups is 2. The maximum absolute atomic E-state index is 11.6. The molecule has 1 aromatic carbocycles. The van der Waals surface area contributed by atoms with Crippen molar-refractivity contribution in [3.63, 3.8) is 0 Å². The zero-order chi connectivity index (χ0) is 16.7. The highest BCUT2D eigenvalue weighted by molar-refractivity contribution is 5.92. The second-order valence-electron chi connectivity index (χ2n) is 4.87. The lowest BCUT2D eigenvalue weighted by atomic mass is 10.2. The molecule has 23 heavy (non-hydrogen) atoms. The Morgan fingerprint density at radius 3 is 2.61 bits per heavy atom. The number of amides is 2. The van der Waals surface area contributed by atoms with E-state index in [-0.39, 0.29) is 6.61 Å². The Hall–Kier alpha value is -3.02. The molecule has 6 heteroatoms. The Morgan fingerprint density at radius 1 is 1.13 bits per heavy atom. The molecule has 1 aromatic heterocycles. The van der Waals surface area contributed by atoms with Crippen molar-refractivity contribution >= 4 is 17.9 Å². The minimum Gasteiger partial charge on any atom is -0.483 e. The van der Waals surface area contributed by atoms with E-state index in [1.54, 1.807) is 18.2 Å².